The van der Waals surface area contributed by atoms with Gasteiger partial charge in [-0.2, -0.15) is 0 Å². The average molecular weight is 312 g/mol. The van der Waals surface area contributed by atoms with Gasteiger partial charge in [0.05, 0.1) is 12.1 Å². The van der Waals surface area contributed by atoms with Crippen molar-refractivity contribution in [3.8, 4) is 0 Å². The lowest BCUT2D eigenvalue weighted by Gasteiger charge is -2.34. The molecule has 0 saturated carbocycles. The molecule has 2 saturated heterocycles. The Bertz CT molecular complexity index is 636. The number of hydrogen-bond donors (Lipinski definition) is 0. The van der Waals surface area contributed by atoms with Gasteiger partial charge in [-0.3, -0.25) is 19.4 Å². The Morgan fingerprint density at radius 1 is 1.00 bits per heavy atom. The van der Waals surface area contributed by atoms with Crippen molar-refractivity contribution in [1.29, 1.82) is 0 Å². The molecule has 0 bridgehead atoms. The first-order valence-corrected chi connectivity index (χ1v) is 8.86. The second-order valence-corrected chi connectivity index (χ2v) is 7.22. The van der Waals surface area contributed by atoms with Crippen LogP contribution in [0.1, 0.15) is 49.7 Å². The van der Waals surface area contributed by atoms with Crippen LogP contribution in [0.15, 0.2) is 24.3 Å². The molecule has 2 heterocycles. The predicted molar refractivity (Wildman–Crippen MR) is 87.8 cm³/mol. The zero-order valence-electron chi connectivity index (χ0n) is 13.6. The summed E-state index contributed by atoms with van der Waals surface area (Å²) >= 11 is 0. The fourth-order valence-electron chi connectivity index (χ4n) is 4.57. The van der Waals surface area contributed by atoms with E-state index in [4.69, 9.17) is 0 Å². The average Bonchev–Trinajstić information content (AvgIpc) is 2.81. The molecule has 0 N–H and O–H groups in total. The van der Waals surface area contributed by atoms with Gasteiger partial charge in [0, 0.05) is 6.42 Å². The van der Waals surface area contributed by atoms with Gasteiger partial charge in [-0.05, 0) is 56.3 Å². The number of rotatable bonds is 2. The summed E-state index contributed by atoms with van der Waals surface area (Å²) in [7, 11) is 0. The molecule has 0 aromatic heterocycles. The maximum absolute atomic E-state index is 13.2. The highest BCUT2D eigenvalue weighted by Gasteiger charge is 2.54. The van der Waals surface area contributed by atoms with E-state index in [-0.39, 0.29) is 11.8 Å². The summed E-state index contributed by atoms with van der Waals surface area (Å²) in [6, 6.07) is 8.20. The lowest BCUT2D eigenvalue weighted by molar-refractivity contribution is -0.142. The predicted octanol–water partition coefficient (Wildman–Crippen LogP) is 2.46. The Kier molecular flexibility index (Phi) is 3.72. The summed E-state index contributed by atoms with van der Waals surface area (Å²) in [4.78, 5) is 29.6. The van der Waals surface area contributed by atoms with E-state index in [0.717, 1.165) is 37.9 Å². The zero-order valence-corrected chi connectivity index (χ0v) is 13.6. The second kappa shape index (κ2) is 5.75. The van der Waals surface area contributed by atoms with Gasteiger partial charge < -0.3 is 0 Å². The van der Waals surface area contributed by atoms with Gasteiger partial charge in [0.2, 0.25) is 11.8 Å². The fraction of sp³-hybridized carbons (Fsp3) is 0.579. The number of piperidine rings is 1. The van der Waals surface area contributed by atoms with Gasteiger partial charge in [0.25, 0.3) is 0 Å². The highest BCUT2D eigenvalue weighted by molar-refractivity contribution is 6.09. The highest BCUT2D eigenvalue weighted by atomic mass is 16.2. The van der Waals surface area contributed by atoms with Crippen LogP contribution in [0.3, 0.4) is 0 Å². The SMILES string of the molecule is O=C1CC2(CCCc3ccccc32)C(=O)N1CN1CCCCC1. The van der Waals surface area contributed by atoms with Crippen LogP contribution in [0.2, 0.25) is 0 Å². The highest BCUT2D eigenvalue weighted by Crippen LogP contribution is 2.45. The number of hydrogen-bond acceptors (Lipinski definition) is 3. The minimum atomic E-state index is -0.582. The Labute approximate surface area is 137 Å². The van der Waals surface area contributed by atoms with Crippen LogP contribution in [-0.4, -0.2) is 41.4 Å². The number of nitrogens with zero attached hydrogens (tertiary/aromatic N) is 2. The van der Waals surface area contributed by atoms with E-state index in [1.165, 1.54) is 29.7 Å². The number of benzene rings is 1. The standard InChI is InChI=1S/C19H24N2O2/c22-17-13-19(10-6-8-15-7-2-3-9-16(15)19)18(23)21(17)14-20-11-4-1-5-12-20/h2-3,7,9H,1,4-6,8,10-14H2. The molecule has 0 radical (unpaired) electrons. The number of aryl methyl sites for hydroxylation is 1. The molecule has 4 rings (SSSR count). The van der Waals surface area contributed by atoms with Crippen LogP contribution in [0.4, 0.5) is 0 Å². The van der Waals surface area contributed by atoms with Crippen LogP contribution in [-0.2, 0) is 21.4 Å². The summed E-state index contributed by atoms with van der Waals surface area (Å²) in [6.45, 7) is 2.49. The quantitative estimate of drug-likeness (QED) is 0.788. The number of likely N-dealkylation sites (tertiary alicyclic amines) is 2. The first-order valence-electron chi connectivity index (χ1n) is 8.86. The van der Waals surface area contributed by atoms with E-state index < -0.39 is 5.41 Å². The molecule has 1 atom stereocenters. The molecule has 1 aromatic carbocycles. The fourth-order valence-corrected chi connectivity index (χ4v) is 4.57. The summed E-state index contributed by atoms with van der Waals surface area (Å²) in [5.41, 5.74) is 1.77. The van der Waals surface area contributed by atoms with Gasteiger partial charge in [-0.25, -0.2) is 0 Å². The van der Waals surface area contributed by atoms with Crippen LogP contribution < -0.4 is 0 Å². The summed E-state index contributed by atoms with van der Waals surface area (Å²) in [6.07, 6.45) is 6.78. The molecular weight excluding hydrogens is 288 g/mol. The zero-order chi connectivity index (χ0) is 15.9. The molecular formula is C19H24N2O2. The maximum Gasteiger partial charge on any atom is 0.241 e. The molecule has 1 spiro atoms. The number of imide groups is 1. The first kappa shape index (κ1) is 14.9. The van der Waals surface area contributed by atoms with Crippen molar-refractivity contribution in [3.05, 3.63) is 35.4 Å². The molecule has 1 unspecified atom stereocenters. The van der Waals surface area contributed by atoms with E-state index in [0.29, 0.717) is 13.1 Å². The van der Waals surface area contributed by atoms with Gasteiger partial charge in [-0.15, -0.1) is 0 Å². The minimum absolute atomic E-state index is 0.0114. The lowest BCUT2D eigenvalue weighted by Crippen LogP contribution is -2.46. The molecule has 4 nitrogen and oxygen atoms in total. The summed E-state index contributed by atoms with van der Waals surface area (Å²) < 4.78 is 0. The van der Waals surface area contributed by atoms with Crippen molar-refractivity contribution in [1.82, 2.24) is 9.80 Å². The van der Waals surface area contributed by atoms with Crippen molar-refractivity contribution >= 4 is 11.8 Å². The Morgan fingerprint density at radius 3 is 2.61 bits per heavy atom. The first-order chi connectivity index (χ1) is 11.2. The largest absolute Gasteiger partial charge is 0.286 e. The number of amides is 2. The third-order valence-corrected chi connectivity index (χ3v) is 5.78. The summed E-state index contributed by atoms with van der Waals surface area (Å²) in [5.74, 6) is 0.0532. The van der Waals surface area contributed by atoms with Crippen molar-refractivity contribution < 1.29 is 9.59 Å². The van der Waals surface area contributed by atoms with Crippen molar-refractivity contribution in [2.45, 2.75) is 50.4 Å². The topological polar surface area (TPSA) is 40.6 Å². The molecule has 4 heteroatoms. The third-order valence-electron chi connectivity index (χ3n) is 5.78. The normalized spacial score (nSPS) is 28.4. The van der Waals surface area contributed by atoms with Crippen molar-refractivity contribution in [2.75, 3.05) is 19.8 Å². The van der Waals surface area contributed by atoms with E-state index in [9.17, 15) is 9.59 Å². The van der Waals surface area contributed by atoms with E-state index in [2.05, 4.69) is 17.0 Å². The van der Waals surface area contributed by atoms with Crippen molar-refractivity contribution in [2.24, 2.45) is 0 Å². The Balaban J connectivity index is 1.62. The molecule has 1 aliphatic carbocycles. The monoisotopic (exact) mass is 312 g/mol. The van der Waals surface area contributed by atoms with Crippen LogP contribution in [0.5, 0.6) is 0 Å². The molecule has 122 valence electrons. The molecule has 1 aromatic rings. The van der Waals surface area contributed by atoms with Crippen LogP contribution in [0.25, 0.3) is 0 Å². The van der Waals surface area contributed by atoms with E-state index in [1.807, 2.05) is 12.1 Å². The van der Waals surface area contributed by atoms with Gasteiger partial charge >= 0.3 is 0 Å². The lowest BCUT2D eigenvalue weighted by atomic mass is 9.69. The van der Waals surface area contributed by atoms with Gasteiger partial charge in [0.15, 0.2) is 0 Å². The van der Waals surface area contributed by atoms with Crippen LogP contribution in [0, 0.1) is 0 Å². The van der Waals surface area contributed by atoms with Crippen molar-refractivity contribution in [3.63, 3.8) is 0 Å². The maximum atomic E-state index is 13.2. The molecule has 23 heavy (non-hydrogen) atoms. The van der Waals surface area contributed by atoms with E-state index in [1.54, 1.807) is 0 Å². The Hall–Kier alpha value is -1.68. The van der Waals surface area contributed by atoms with Gasteiger partial charge in [-0.1, -0.05) is 30.7 Å². The summed E-state index contributed by atoms with van der Waals surface area (Å²) in [5, 5.41) is 0. The molecule has 2 aliphatic heterocycles. The third kappa shape index (κ3) is 2.40. The van der Waals surface area contributed by atoms with E-state index >= 15 is 0 Å². The molecule has 3 aliphatic rings. The molecule has 2 fully saturated rings. The Morgan fingerprint density at radius 2 is 1.78 bits per heavy atom. The van der Waals surface area contributed by atoms with Gasteiger partial charge in [0.1, 0.15) is 0 Å². The van der Waals surface area contributed by atoms with Crippen LogP contribution >= 0.6 is 0 Å². The number of carbonyl (C=O) groups is 2. The molecule has 2 amide bonds. The number of fused-ring (bicyclic) bond motifs is 2. The smallest absolute Gasteiger partial charge is 0.241 e. The minimum Gasteiger partial charge on any atom is -0.286 e. The number of carbonyl (C=O) groups excluding carboxylic acids is 2. The second-order valence-electron chi connectivity index (χ2n) is 7.22.